The minimum Gasteiger partial charge on any atom is -0.497 e. The largest absolute Gasteiger partial charge is 0.497 e. The number of amides is 1. The topological polar surface area (TPSA) is 68.2 Å². The molecule has 6 nitrogen and oxygen atoms in total. The van der Waals surface area contributed by atoms with E-state index in [2.05, 4.69) is 15.7 Å². The number of carbonyl (C=O) groups excluding carboxylic acids is 1. The van der Waals surface area contributed by atoms with E-state index >= 15 is 0 Å². The van der Waals surface area contributed by atoms with Gasteiger partial charge in [0.1, 0.15) is 17.1 Å². The quantitative estimate of drug-likeness (QED) is 0.635. The summed E-state index contributed by atoms with van der Waals surface area (Å²) in [7, 11) is 1.54. The first-order valence-corrected chi connectivity index (χ1v) is 12.1. The zero-order chi connectivity index (χ0) is 23.7. The first-order valence-electron chi connectivity index (χ1n) is 12.1. The van der Waals surface area contributed by atoms with Crippen LogP contribution in [0.4, 0.5) is 19.0 Å². The molecular weight excluding hydrogens is 445 g/mol. The second kappa shape index (κ2) is 7.65. The lowest BCUT2D eigenvalue weighted by atomic mass is 9.53. The van der Waals surface area contributed by atoms with Crippen molar-refractivity contribution in [1.29, 1.82) is 0 Å². The number of nitrogens with zero attached hydrogens (tertiary/aromatic N) is 2. The number of halogens is 3. The third-order valence-corrected chi connectivity index (χ3v) is 8.42. The van der Waals surface area contributed by atoms with E-state index < -0.39 is 18.3 Å². The van der Waals surface area contributed by atoms with Crippen molar-refractivity contribution in [2.75, 3.05) is 12.4 Å². The van der Waals surface area contributed by atoms with Crippen molar-refractivity contribution >= 4 is 11.7 Å². The summed E-state index contributed by atoms with van der Waals surface area (Å²) in [4.78, 5) is 13.4. The highest BCUT2D eigenvalue weighted by Gasteiger charge is 2.52. The molecule has 1 amide bonds. The number of benzene rings is 1. The van der Waals surface area contributed by atoms with Gasteiger partial charge in [-0.25, -0.2) is 4.68 Å². The Morgan fingerprint density at radius 1 is 1.09 bits per heavy atom. The summed E-state index contributed by atoms with van der Waals surface area (Å²) in [5, 5.41) is 10.5. The third kappa shape index (κ3) is 3.64. The van der Waals surface area contributed by atoms with Gasteiger partial charge in [-0.2, -0.15) is 18.3 Å². The Morgan fingerprint density at radius 2 is 1.71 bits per heavy atom. The van der Waals surface area contributed by atoms with Crippen molar-refractivity contribution in [2.24, 2.45) is 17.8 Å². The summed E-state index contributed by atoms with van der Waals surface area (Å²) < 4.78 is 48.2. The Morgan fingerprint density at radius 3 is 2.26 bits per heavy atom. The van der Waals surface area contributed by atoms with Crippen molar-refractivity contribution in [3.8, 4) is 5.75 Å². The molecule has 5 aliphatic rings. The van der Waals surface area contributed by atoms with Crippen LogP contribution < -0.4 is 15.4 Å². The fourth-order valence-corrected chi connectivity index (χ4v) is 7.36. The number of fused-ring (bicyclic) bond motifs is 1. The minimum absolute atomic E-state index is 0.136. The van der Waals surface area contributed by atoms with Crippen molar-refractivity contribution in [1.82, 2.24) is 15.1 Å². The van der Waals surface area contributed by atoms with E-state index in [9.17, 15) is 18.0 Å². The molecule has 4 bridgehead atoms. The van der Waals surface area contributed by atoms with E-state index in [1.165, 1.54) is 25.5 Å². The number of hydrogen-bond acceptors (Lipinski definition) is 4. The number of carbonyl (C=O) groups is 1. The molecule has 0 unspecified atom stereocenters. The molecule has 1 aliphatic heterocycles. The lowest BCUT2D eigenvalue weighted by molar-refractivity contribution is -0.173. The standard InChI is InChI=1S/C25H29F3N4O2/c1-34-18-4-2-17(3-5-18)20-9-21(25(26,27)28)32-22(30-20)19(13-29-32)23(33)31-24-10-14-6-15(11-24)8-16(7-14)12-24/h2-5,13-16,20-21,30H,6-12H2,1H3,(H,31,33)/t14?,15?,16?,20-,21+,24?/m1/s1. The molecule has 2 atom stereocenters. The first-order chi connectivity index (χ1) is 16.2. The van der Waals surface area contributed by atoms with Gasteiger partial charge in [0, 0.05) is 12.0 Å². The summed E-state index contributed by atoms with van der Waals surface area (Å²) in [5.74, 6) is 2.40. The van der Waals surface area contributed by atoms with Gasteiger partial charge in [-0.1, -0.05) is 12.1 Å². The number of rotatable bonds is 4. The molecule has 0 saturated heterocycles. The number of anilines is 1. The molecule has 7 rings (SSSR count). The maximum Gasteiger partial charge on any atom is 0.410 e. The third-order valence-electron chi connectivity index (χ3n) is 8.42. The lowest BCUT2D eigenvalue weighted by Crippen LogP contribution is -2.59. The minimum atomic E-state index is -4.48. The van der Waals surface area contributed by atoms with Crippen LogP contribution in [0.1, 0.15) is 73.0 Å². The van der Waals surface area contributed by atoms with Gasteiger partial charge in [0.2, 0.25) is 0 Å². The smallest absolute Gasteiger partial charge is 0.410 e. The highest BCUT2D eigenvalue weighted by Crippen LogP contribution is 2.55. The molecule has 34 heavy (non-hydrogen) atoms. The monoisotopic (exact) mass is 474 g/mol. The van der Waals surface area contributed by atoms with Crippen LogP contribution in [0.5, 0.6) is 5.75 Å². The molecule has 4 fully saturated rings. The fraction of sp³-hybridized carbons (Fsp3) is 0.600. The SMILES string of the molecule is COc1ccc([C@H]2C[C@@H](C(F)(F)F)n3ncc(C(=O)NC45CC6CC(CC(C6)C4)C5)c3N2)cc1. The number of nitrogens with one attached hydrogen (secondary N) is 2. The van der Waals surface area contributed by atoms with Gasteiger partial charge >= 0.3 is 6.18 Å². The molecule has 1 aromatic heterocycles. The molecule has 9 heteroatoms. The normalized spacial score (nSPS) is 33.8. The molecule has 2 N–H and O–H groups in total. The summed E-state index contributed by atoms with van der Waals surface area (Å²) >= 11 is 0. The lowest BCUT2D eigenvalue weighted by Gasteiger charge is -2.56. The van der Waals surface area contributed by atoms with Gasteiger partial charge < -0.3 is 15.4 Å². The van der Waals surface area contributed by atoms with E-state index in [-0.39, 0.29) is 29.2 Å². The molecule has 4 aliphatic carbocycles. The molecule has 2 heterocycles. The van der Waals surface area contributed by atoms with Crippen LogP contribution >= 0.6 is 0 Å². The fourth-order valence-electron chi connectivity index (χ4n) is 7.36. The summed E-state index contributed by atoms with van der Waals surface area (Å²) in [6.45, 7) is 0. The van der Waals surface area contributed by atoms with Crippen LogP contribution in [-0.4, -0.2) is 34.5 Å². The van der Waals surface area contributed by atoms with Crippen LogP contribution in [0, 0.1) is 17.8 Å². The maximum atomic E-state index is 14.0. The Hall–Kier alpha value is -2.71. The highest BCUT2D eigenvalue weighted by atomic mass is 19.4. The van der Waals surface area contributed by atoms with Crippen LogP contribution in [-0.2, 0) is 0 Å². The molecular formula is C25H29F3N4O2. The van der Waals surface area contributed by atoms with E-state index in [1.54, 1.807) is 31.4 Å². The number of ether oxygens (including phenoxy) is 1. The predicted molar refractivity (Wildman–Crippen MR) is 120 cm³/mol. The van der Waals surface area contributed by atoms with Crippen LogP contribution in [0.15, 0.2) is 30.5 Å². The molecule has 1 aromatic carbocycles. The number of alkyl halides is 3. The summed E-state index contributed by atoms with van der Waals surface area (Å²) in [6.07, 6.45) is 3.25. The van der Waals surface area contributed by atoms with Crippen molar-refractivity contribution in [2.45, 2.75) is 68.7 Å². The van der Waals surface area contributed by atoms with Gasteiger partial charge in [0.15, 0.2) is 6.04 Å². The zero-order valence-corrected chi connectivity index (χ0v) is 19.1. The predicted octanol–water partition coefficient (Wildman–Crippen LogP) is 5.25. The second-order valence-corrected chi connectivity index (χ2v) is 10.8. The molecule has 2 aromatic rings. The Kier molecular flexibility index (Phi) is 4.90. The van der Waals surface area contributed by atoms with E-state index in [0.717, 1.165) is 23.9 Å². The average Bonchev–Trinajstić information content (AvgIpc) is 3.20. The van der Waals surface area contributed by atoms with Crippen molar-refractivity contribution < 1.29 is 22.7 Å². The Labute approximate surface area is 196 Å². The van der Waals surface area contributed by atoms with Gasteiger partial charge in [-0.05, 0) is 74.0 Å². The molecule has 182 valence electrons. The van der Waals surface area contributed by atoms with Crippen LogP contribution in [0.25, 0.3) is 0 Å². The van der Waals surface area contributed by atoms with Crippen molar-refractivity contribution in [3.63, 3.8) is 0 Å². The molecule has 0 spiro atoms. The molecule has 4 saturated carbocycles. The van der Waals surface area contributed by atoms with Gasteiger partial charge in [0.05, 0.1) is 19.3 Å². The zero-order valence-electron chi connectivity index (χ0n) is 19.1. The summed E-state index contributed by atoms with van der Waals surface area (Å²) in [6, 6.07) is 4.55. The Bertz CT molecular complexity index is 1060. The average molecular weight is 475 g/mol. The molecule has 0 radical (unpaired) electrons. The second-order valence-electron chi connectivity index (χ2n) is 10.8. The van der Waals surface area contributed by atoms with E-state index in [4.69, 9.17) is 4.74 Å². The van der Waals surface area contributed by atoms with Crippen LogP contribution in [0.2, 0.25) is 0 Å². The Balaban J connectivity index is 1.30. The number of methoxy groups -OCH3 is 1. The van der Waals surface area contributed by atoms with Crippen LogP contribution in [0.3, 0.4) is 0 Å². The summed E-state index contributed by atoms with van der Waals surface area (Å²) in [5.41, 5.74) is 0.659. The first kappa shape index (κ1) is 21.8. The number of hydrogen-bond donors (Lipinski definition) is 2. The van der Waals surface area contributed by atoms with Gasteiger partial charge in [-0.3, -0.25) is 4.79 Å². The van der Waals surface area contributed by atoms with E-state index in [1.807, 2.05) is 0 Å². The van der Waals surface area contributed by atoms with Gasteiger partial charge in [-0.15, -0.1) is 0 Å². The highest BCUT2D eigenvalue weighted by molar-refractivity contribution is 5.99. The van der Waals surface area contributed by atoms with Crippen molar-refractivity contribution in [3.05, 3.63) is 41.6 Å². The van der Waals surface area contributed by atoms with Gasteiger partial charge in [0.25, 0.3) is 5.91 Å². The van der Waals surface area contributed by atoms with E-state index in [0.29, 0.717) is 29.1 Å². The number of aromatic nitrogens is 2. The maximum absolute atomic E-state index is 14.0.